The number of nitrogens with two attached hydrogens (primary N) is 1. The van der Waals surface area contributed by atoms with Crippen LogP contribution in [-0.4, -0.2) is 19.6 Å². The molecule has 0 aliphatic heterocycles. The molecule has 0 saturated heterocycles. The second-order valence-electron chi connectivity index (χ2n) is 5.51. The molecule has 1 aromatic rings. The maximum atomic E-state index is 12.1. The molecule has 0 aliphatic rings. The zero-order valence-corrected chi connectivity index (χ0v) is 12.8. The molecule has 1 atom stereocenters. The molecular weight excluding hydrogens is 266 g/mol. The van der Waals surface area contributed by atoms with Crippen molar-refractivity contribution >= 4 is 11.6 Å². The lowest BCUT2D eigenvalue weighted by molar-refractivity contribution is -0.117. The summed E-state index contributed by atoms with van der Waals surface area (Å²) in [6.45, 7) is 4.73. The average Bonchev–Trinajstić information content (AvgIpc) is 2.46. The molecule has 0 saturated carbocycles. The topological polar surface area (TPSA) is 88.1 Å². The van der Waals surface area contributed by atoms with Gasteiger partial charge in [-0.15, -0.1) is 0 Å². The zero-order chi connectivity index (χ0) is 15.8. The van der Waals surface area contributed by atoms with Crippen molar-refractivity contribution in [3.05, 3.63) is 23.8 Å². The van der Waals surface area contributed by atoms with E-state index in [1.165, 1.54) is 7.11 Å². The van der Waals surface area contributed by atoms with E-state index in [9.17, 15) is 4.79 Å². The maximum Gasteiger partial charge on any atom is 0.224 e. The van der Waals surface area contributed by atoms with E-state index >= 15 is 0 Å². The highest BCUT2D eigenvalue weighted by molar-refractivity contribution is 5.92. The monoisotopic (exact) mass is 289 g/mol. The number of ether oxygens (including phenoxy) is 1. The van der Waals surface area contributed by atoms with E-state index in [-0.39, 0.29) is 11.8 Å². The van der Waals surface area contributed by atoms with Crippen LogP contribution in [0.2, 0.25) is 0 Å². The predicted molar refractivity (Wildman–Crippen MR) is 83.0 cm³/mol. The maximum absolute atomic E-state index is 12.1. The Balaban J connectivity index is 2.72. The normalized spacial score (nSPS) is 11.8. The second-order valence-corrected chi connectivity index (χ2v) is 5.51. The highest BCUT2D eigenvalue weighted by atomic mass is 16.5. The summed E-state index contributed by atoms with van der Waals surface area (Å²) in [5, 5.41) is 11.7. The number of anilines is 1. The average molecular weight is 289 g/mol. The molecule has 1 rings (SSSR count). The molecule has 5 nitrogen and oxygen atoms in total. The molecule has 0 aliphatic carbocycles. The largest absolute Gasteiger partial charge is 0.495 e. The van der Waals surface area contributed by atoms with E-state index in [0.717, 1.165) is 6.42 Å². The summed E-state index contributed by atoms with van der Waals surface area (Å²) in [6.07, 6.45) is 1.31. The van der Waals surface area contributed by atoms with E-state index in [1.807, 2.05) is 6.07 Å². The Morgan fingerprint density at radius 1 is 1.48 bits per heavy atom. The highest BCUT2D eigenvalue weighted by Gasteiger charge is 2.15. The van der Waals surface area contributed by atoms with Gasteiger partial charge in [-0.05, 0) is 36.9 Å². The third-order valence-electron chi connectivity index (χ3n) is 3.22. The molecule has 3 N–H and O–H groups in total. The Hall–Kier alpha value is -2.06. The van der Waals surface area contributed by atoms with Gasteiger partial charge >= 0.3 is 0 Å². The van der Waals surface area contributed by atoms with Crippen LogP contribution in [0.15, 0.2) is 18.2 Å². The Bertz CT molecular complexity index is 521. The predicted octanol–water partition coefficient (Wildman–Crippen LogP) is 2.52. The lowest BCUT2D eigenvalue weighted by Crippen LogP contribution is -2.23. The number of carbonyl (C=O) groups excluding carboxylic acids is 1. The summed E-state index contributed by atoms with van der Waals surface area (Å²) in [7, 11) is 1.51. The van der Waals surface area contributed by atoms with Crippen LogP contribution in [0.1, 0.15) is 32.3 Å². The van der Waals surface area contributed by atoms with Crippen LogP contribution in [-0.2, 0) is 4.79 Å². The lowest BCUT2D eigenvalue weighted by atomic mass is 9.94. The third-order valence-corrected chi connectivity index (χ3v) is 3.22. The van der Waals surface area contributed by atoms with Crippen LogP contribution >= 0.6 is 0 Å². The first-order valence-corrected chi connectivity index (χ1v) is 7.08. The van der Waals surface area contributed by atoms with Gasteiger partial charge in [0.15, 0.2) is 0 Å². The van der Waals surface area contributed by atoms with Gasteiger partial charge in [0.2, 0.25) is 5.91 Å². The van der Waals surface area contributed by atoms with Crippen LogP contribution in [0.25, 0.3) is 0 Å². The Morgan fingerprint density at radius 3 is 2.71 bits per heavy atom. The molecule has 114 valence electrons. The quantitative estimate of drug-likeness (QED) is 0.807. The van der Waals surface area contributed by atoms with Crippen molar-refractivity contribution in [1.29, 1.82) is 5.26 Å². The van der Waals surface area contributed by atoms with Crippen molar-refractivity contribution in [2.45, 2.75) is 26.7 Å². The number of rotatable bonds is 7. The standard InChI is InChI=1S/C16H23N3O2/c1-11(2)6-13(10-18)8-16(20)19-14-5-4-12(9-17)7-15(14)21-3/h4-5,7,11,13H,6,8,10,18H2,1-3H3,(H,19,20). The first-order chi connectivity index (χ1) is 9.99. The third kappa shape index (κ3) is 5.44. The van der Waals surface area contributed by atoms with Crippen LogP contribution in [0, 0.1) is 23.2 Å². The summed E-state index contributed by atoms with van der Waals surface area (Å²) in [5.41, 5.74) is 6.78. The number of hydrogen-bond donors (Lipinski definition) is 2. The van der Waals surface area contributed by atoms with Crippen LogP contribution in [0.4, 0.5) is 5.69 Å². The van der Waals surface area contributed by atoms with Crippen molar-refractivity contribution in [2.75, 3.05) is 19.0 Å². The van der Waals surface area contributed by atoms with Crippen molar-refractivity contribution < 1.29 is 9.53 Å². The van der Waals surface area contributed by atoms with E-state index in [1.54, 1.807) is 18.2 Å². The van der Waals surface area contributed by atoms with Gasteiger partial charge in [0, 0.05) is 12.5 Å². The molecule has 5 heteroatoms. The van der Waals surface area contributed by atoms with Crippen LogP contribution in [0.5, 0.6) is 5.75 Å². The van der Waals surface area contributed by atoms with Gasteiger partial charge < -0.3 is 15.8 Å². The number of methoxy groups -OCH3 is 1. The minimum absolute atomic E-state index is 0.0888. The van der Waals surface area contributed by atoms with E-state index in [0.29, 0.717) is 35.9 Å². The number of nitrogens with one attached hydrogen (secondary N) is 1. The first-order valence-electron chi connectivity index (χ1n) is 7.08. The van der Waals surface area contributed by atoms with Gasteiger partial charge in [0.25, 0.3) is 0 Å². The number of benzene rings is 1. The summed E-state index contributed by atoms with van der Waals surface area (Å²) in [5.74, 6) is 1.08. The van der Waals surface area contributed by atoms with Crippen molar-refractivity contribution in [1.82, 2.24) is 0 Å². The number of amides is 1. The zero-order valence-electron chi connectivity index (χ0n) is 12.8. The molecule has 0 aromatic heterocycles. The summed E-state index contributed by atoms with van der Waals surface area (Å²) >= 11 is 0. The number of nitriles is 1. The number of nitrogens with zero attached hydrogens (tertiary/aromatic N) is 1. The van der Waals surface area contributed by atoms with Gasteiger partial charge in [-0.3, -0.25) is 4.79 Å². The van der Waals surface area contributed by atoms with Crippen LogP contribution < -0.4 is 15.8 Å². The summed E-state index contributed by atoms with van der Waals surface area (Å²) in [6, 6.07) is 6.96. The molecule has 21 heavy (non-hydrogen) atoms. The lowest BCUT2D eigenvalue weighted by Gasteiger charge is -2.17. The summed E-state index contributed by atoms with van der Waals surface area (Å²) < 4.78 is 5.19. The molecule has 1 amide bonds. The van der Waals surface area contributed by atoms with E-state index < -0.39 is 0 Å². The fourth-order valence-corrected chi connectivity index (χ4v) is 2.26. The van der Waals surface area contributed by atoms with Gasteiger partial charge in [0.05, 0.1) is 24.4 Å². The molecule has 1 unspecified atom stereocenters. The van der Waals surface area contributed by atoms with Crippen molar-refractivity contribution in [2.24, 2.45) is 17.6 Å². The Labute approximate surface area is 126 Å². The summed E-state index contributed by atoms with van der Waals surface area (Å²) in [4.78, 5) is 12.1. The second kappa shape index (κ2) is 8.28. The van der Waals surface area contributed by atoms with Gasteiger partial charge in [-0.2, -0.15) is 5.26 Å². The smallest absolute Gasteiger partial charge is 0.224 e. The minimum atomic E-state index is -0.0888. The first kappa shape index (κ1) is 17.0. The Morgan fingerprint density at radius 2 is 2.19 bits per heavy atom. The number of carbonyl (C=O) groups is 1. The SMILES string of the molecule is COc1cc(C#N)ccc1NC(=O)CC(CN)CC(C)C. The van der Waals surface area contributed by atoms with E-state index in [2.05, 4.69) is 19.2 Å². The molecule has 0 heterocycles. The minimum Gasteiger partial charge on any atom is -0.495 e. The Kier molecular flexibility index (Phi) is 6.70. The van der Waals surface area contributed by atoms with Crippen LogP contribution in [0.3, 0.4) is 0 Å². The van der Waals surface area contributed by atoms with Crippen molar-refractivity contribution in [3.63, 3.8) is 0 Å². The van der Waals surface area contributed by atoms with Gasteiger partial charge in [0.1, 0.15) is 5.75 Å². The number of hydrogen-bond acceptors (Lipinski definition) is 4. The molecule has 1 aromatic carbocycles. The van der Waals surface area contributed by atoms with Gasteiger partial charge in [-0.25, -0.2) is 0 Å². The van der Waals surface area contributed by atoms with Gasteiger partial charge in [-0.1, -0.05) is 13.8 Å². The molecule has 0 radical (unpaired) electrons. The fraction of sp³-hybridized carbons (Fsp3) is 0.500. The molecule has 0 bridgehead atoms. The highest BCUT2D eigenvalue weighted by Crippen LogP contribution is 2.26. The van der Waals surface area contributed by atoms with Crippen molar-refractivity contribution in [3.8, 4) is 11.8 Å². The molecule has 0 spiro atoms. The van der Waals surface area contributed by atoms with E-state index in [4.69, 9.17) is 15.7 Å². The molecule has 0 fully saturated rings. The molecular formula is C16H23N3O2. The fourth-order valence-electron chi connectivity index (χ4n) is 2.26.